The first-order valence-corrected chi connectivity index (χ1v) is 6.73. The quantitative estimate of drug-likeness (QED) is 0.755. The van der Waals surface area contributed by atoms with E-state index >= 15 is 0 Å². The Labute approximate surface area is 94.2 Å². The molecule has 2 heteroatoms. The molecule has 0 bridgehead atoms. The van der Waals surface area contributed by atoms with Gasteiger partial charge in [-0.1, -0.05) is 19.3 Å². The van der Waals surface area contributed by atoms with Crippen LogP contribution in [0.4, 0.5) is 0 Å². The Hall–Kier alpha value is -0.0800. The number of nitrogens with zero attached hydrogens (tertiary/aromatic N) is 1. The summed E-state index contributed by atoms with van der Waals surface area (Å²) in [5.41, 5.74) is 6.13. The highest BCUT2D eigenvalue weighted by molar-refractivity contribution is 4.85. The van der Waals surface area contributed by atoms with E-state index in [9.17, 15) is 0 Å². The summed E-state index contributed by atoms with van der Waals surface area (Å²) in [6.45, 7) is 1.21. The van der Waals surface area contributed by atoms with Gasteiger partial charge in [0.2, 0.25) is 0 Å². The van der Waals surface area contributed by atoms with Gasteiger partial charge in [0.05, 0.1) is 0 Å². The summed E-state index contributed by atoms with van der Waals surface area (Å²) >= 11 is 0. The summed E-state index contributed by atoms with van der Waals surface area (Å²) in [5, 5.41) is 0. The molecule has 0 aromatic heterocycles. The van der Waals surface area contributed by atoms with Gasteiger partial charge in [0, 0.05) is 12.1 Å². The smallest absolute Gasteiger partial charge is 0.00922 e. The van der Waals surface area contributed by atoms with E-state index < -0.39 is 0 Å². The standard InChI is InChI=1S/C13H26N2/c1-15(12-5-3-2-4-6-12)10-9-13(14)11-7-8-11/h11-13H,2-10,14H2,1H3. The summed E-state index contributed by atoms with van der Waals surface area (Å²) in [4.78, 5) is 2.56. The lowest BCUT2D eigenvalue weighted by molar-refractivity contribution is 0.185. The average Bonchev–Trinajstić information content (AvgIpc) is 3.10. The van der Waals surface area contributed by atoms with Crippen molar-refractivity contribution in [1.29, 1.82) is 0 Å². The molecule has 1 unspecified atom stereocenters. The molecule has 2 saturated carbocycles. The van der Waals surface area contributed by atoms with Gasteiger partial charge < -0.3 is 10.6 Å². The summed E-state index contributed by atoms with van der Waals surface area (Å²) in [6.07, 6.45) is 11.1. The lowest BCUT2D eigenvalue weighted by Gasteiger charge is -2.31. The predicted molar refractivity (Wildman–Crippen MR) is 64.8 cm³/mol. The molecule has 0 aromatic rings. The maximum absolute atomic E-state index is 6.13. The lowest BCUT2D eigenvalue weighted by Crippen LogP contribution is -2.37. The van der Waals surface area contributed by atoms with Crippen LogP contribution in [-0.2, 0) is 0 Å². The van der Waals surface area contributed by atoms with Crippen LogP contribution in [0.25, 0.3) is 0 Å². The zero-order valence-corrected chi connectivity index (χ0v) is 10.1. The van der Waals surface area contributed by atoms with E-state index in [1.165, 1.54) is 57.9 Å². The van der Waals surface area contributed by atoms with Gasteiger partial charge in [0.15, 0.2) is 0 Å². The molecule has 2 fully saturated rings. The van der Waals surface area contributed by atoms with E-state index in [4.69, 9.17) is 5.73 Å². The molecule has 2 rings (SSSR count). The first-order chi connectivity index (χ1) is 7.27. The second-order valence-electron chi connectivity index (χ2n) is 5.56. The Morgan fingerprint density at radius 1 is 1.13 bits per heavy atom. The molecular weight excluding hydrogens is 184 g/mol. The van der Waals surface area contributed by atoms with Gasteiger partial charge in [-0.2, -0.15) is 0 Å². The second-order valence-corrected chi connectivity index (χ2v) is 5.56. The normalized spacial score (nSPS) is 25.8. The highest BCUT2D eigenvalue weighted by Gasteiger charge is 2.28. The third-order valence-electron chi connectivity index (χ3n) is 4.24. The fraction of sp³-hybridized carbons (Fsp3) is 1.00. The van der Waals surface area contributed by atoms with Crippen molar-refractivity contribution < 1.29 is 0 Å². The van der Waals surface area contributed by atoms with E-state index in [-0.39, 0.29) is 0 Å². The predicted octanol–water partition coefficient (Wildman–Crippen LogP) is 2.38. The zero-order valence-electron chi connectivity index (χ0n) is 10.1. The number of hydrogen-bond donors (Lipinski definition) is 1. The van der Waals surface area contributed by atoms with E-state index in [2.05, 4.69) is 11.9 Å². The van der Waals surface area contributed by atoms with Crippen LogP contribution in [-0.4, -0.2) is 30.6 Å². The SMILES string of the molecule is CN(CCC(N)C1CC1)C1CCCCC1. The minimum atomic E-state index is 0.482. The fourth-order valence-electron chi connectivity index (χ4n) is 2.82. The molecule has 0 amide bonds. The van der Waals surface area contributed by atoms with Crippen LogP contribution in [0.15, 0.2) is 0 Å². The van der Waals surface area contributed by atoms with Crippen LogP contribution in [0.5, 0.6) is 0 Å². The van der Waals surface area contributed by atoms with Crippen LogP contribution in [0.2, 0.25) is 0 Å². The van der Waals surface area contributed by atoms with Gasteiger partial charge in [0.1, 0.15) is 0 Å². The molecule has 0 radical (unpaired) electrons. The van der Waals surface area contributed by atoms with E-state index in [1.807, 2.05) is 0 Å². The van der Waals surface area contributed by atoms with Crippen LogP contribution in [0.3, 0.4) is 0 Å². The molecule has 15 heavy (non-hydrogen) atoms. The van der Waals surface area contributed by atoms with Crippen molar-refractivity contribution in [2.75, 3.05) is 13.6 Å². The van der Waals surface area contributed by atoms with E-state index in [0.29, 0.717) is 6.04 Å². The summed E-state index contributed by atoms with van der Waals surface area (Å²) in [5.74, 6) is 0.866. The molecule has 2 N–H and O–H groups in total. The summed E-state index contributed by atoms with van der Waals surface area (Å²) in [7, 11) is 2.29. The topological polar surface area (TPSA) is 29.3 Å². The highest BCUT2D eigenvalue weighted by Crippen LogP contribution is 2.33. The first-order valence-electron chi connectivity index (χ1n) is 6.73. The van der Waals surface area contributed by atoms with Crippen molar-refractivity contribution >= 4 is 0 Å². The Bertz CT molecular complexity index is 183. The number of nitrogens with two attached hydrogens (primary N) is 1. The second kappa shape index (κ2) is 5.31. The van der Waals surface area contributed by atoms with Gasteiger partial charge in [-0.3, -0.25) is 0 Å². The van der Waals surface area contributed by atoms with Gasteiger partial charge in [0.25, 0.3) is 0 Å². The zero-order chi connectivity index (χ0) is 10.7. The Balaban J connectivity index is 1.64. The Morgan fingerprint density at radius 3 is 2.40 bits per heavy atom. The molecule has 88 valence electrons. The third kappa shape index (κ3) is 3.46. The molecule has 2 nitrogen and oxygen atoms in total. The molecule has 1 atom stereocenters. The molecule has 0 aliphatic heterocycles. The summed E-state index contributed by atoms with van der Waals surface area (Å²) in [6, 6.07) is 1.33. The fourth-order valence-corrected chi connectivity index (χ4v) is 2.82. The van der Waals surface area contributed by atoms with Gasteiger partial charge in [-0.25, -0.2) is 0 Å². The lowest BCUT2D eigenvalue weighted by atomic mass is 9.94. The van der Waals surface area contributed by atoms with Crippen molar-refractivity contribution in [3.8, 4) is 0 Å². The maximum atomic E-state index is 6.13. The molecule has 0 aromatic carbocycles. The van der Waals surface area contributed by atoms with Crippen molar-refractivity contribution in [2.24, 2.45) is 11.7 Å². The molecule has 2 aliphatic carbocycles. The number of hydrogen-bond acceptors (Lipinski definition) is 2. The van der Waals surface area contributed by atoms with E-state index in [1.54, 1.807) is 0 Å². The first kappa shape index (κ1) is 11.4. The van der Waals surface area contributed by atoms with Gasteiger partial charge in [-0.15, -0.1) is 0 Å². The minimum absolute atomic E-state index is 0.482. The van der Waals surface area contributed by atoms with Gasteiger partial charge in [-0.05, 0) is 51.6 Å². The van der Waals surface area contributed by atoms with Gasteiger partial charge >= 0.3 is 0 Å². The third-order valence-corrected chi connectivity index (χ3v) is 4.24. The van der Waals surface area contributed by atoms with Crippen molar-refractivity contribution in [1.82, 2.24) is 4.90 Å². The molecule has 0 heterocycles. The monoisotopic (exact) mass is 210 g/mol. The minimum Gasteiger partial charge on any atom is -0.327 e. The van der Waals surface area contributed by atoms with E-state index in [0.717, 1.165) is 12.0 Å². The largest absolute Gasteiger partial charge is 0.327 e. The van der Waals surface area contributed by atoms with Crippen LogP contribution < -0.4 is 5.73 Å². The van der Waals surface area contributed by atoms with Crippen molar-refractivity contribution in [3.05, 3.63) is 0 Å². The average molecular weight is 210 g/mol. The van der Waals surface area contributed by atoms with Crippen molar-refractivity contribution in [3.63, 3.8) is 0 Å². The number of rotatable bonds is 5. The van der Waals surface area contributed by atoms with Crippen LogP contribution >= 0.6 is 0 Å². The van der Waals surface area contributed by atoms with Crippen molar-refractivity contribution in [2.45, 2.75) is 63.5 Å². The molecule has 0 saturated heterocycles. The Kier molecular flexibility index (Phi) is 4.04. The Morgan fingerprint density at radius 2 is 1.80 bits per heavy atom. The highest BCUT2D eigenvalue weighted by atomic mass is 15.1. The maximum Gasteiger partial charge on any atom is 0.00922 e. The molecular formula is C13H26N2. The van der Waals surface area contributed by atoms with Crippen LogP contribution in [0.1, 0.15) is 51.4 Å². The molecule has 2 aliphatic rings. The summed E-state index contributed by atoms with van der Waals surface area (Å²) < 4.78 is 0. The van der Waals surface area contributed by atoms with Crippen LogP contribution in [0, 0.1) is 5.92 Å². The molecule has 0 spiro atoms.